The van der Waals surface area contributed by atoms with Crippen molar-refractivity contribution in [2.45, 2.75) is 394 Å². The first-order valence-corrected chi connectivity index (χ1v) is 41.0. The Kier molecular flexibility index (Phi) is 63.7. The molecule has 0 saturated carbocycles. The van der Waals surface area contributed by atoms with Crippen molar-refractivity contribution >= 4 is 39.5 Å². The van der Waals surface area contributed by atoms with Gasteiger partial charge in [-0.15, -0.1) is 0 Å². The van der Waals surface area contributed by atoms with Crippen LogP contribution in [0.1, 0.15) is 375 Å². The van der Waals surface area contributed by atoms with E-state index in [0.717, 1.165) is 95.8 Å². The van der Waals surface area contributed by atoms with Gasteiger partial charge in [0.2, 0.25) is 0 Å². The summed E-state index contributed by atoms with van der Waals surface area (Å²) in [5.41, 5.74) is 0. The van der Waals surface area contributed by atoms with Gasteiger partial charge in [0.25, 0.3) is 0 Å². The Morgan fingerprint density at radius 1 is 0.293 bits per heavy atom. The number of hydrogen-bond donors (Lipinski definition) is 3. The Morgan fingerprint density at radius 2 is 0.500 bits per heavy atom. The summed E-state index contributed by atoms with van der Waals surface area (Å²) in [5.74, 6) is -0.644. The second-order valence-corrected chi connectivity index (χ2v) is 30.2. The molecule has 0 aromatic rings. The lowest BCUT2D eigenvalue weighted by atomic mass is 10.0. The van der Waals surface area contributed by atoms with E-state index in [9.17, 15) is 43.2 Å². The minimum absolute atomic E-state index is 0.104. The van der Waals surface area contributed by atoms with Crippen LogP contribution >= 0.6 is 15.6 Å². The largest absolute Gasteiger partial charge is 0.472 e. The van der Waals surface area contributed by atoms with E-state index in [1.165, 1.54) is 193 Å². The van der Waals surface area contributed by atoms with Crippen LogP contribution in [0.15, 0.2) is 0 Å². The molecule has 0 aromatic heterocycles. The molecule has 2 unspecified atom stereocenters. The molecule has 0 amide bonds. The van der Waals surface area contributed by atoms with E-state index < -0.39 is 97.5 Å². The number of carbonyl (C=O) groups is 4. The summed E-state index contributed by atoms with van der Waals surface area (Å²) in [6.45, 7) is 9.52. The average molecular weight is 1350 g/mol. The smallest absolute Gasteiger partial charge is 0.462 e. The molecule has 0 aliphatic heterocycles. The third-order valence-electron chi connectivity index (χ3n) is 17.0. The predicted molar refractivity (Wildman–Crippen MR) is 372 cm³/mol. The van der Waals surface area contributed by atoms with E-state index in [0.29, 0.717) is 31.6 Å². The van der Waals surface area contributed by atoms with Crippen LogP contribution in [0.5, 0.6) is 0 Å². The van der Waals surface area contributed by atoms with Gasteiger partial charge in [0.05, 0.1) is 26.4 Å². The van der Waals surface area contributed by atoms with E-state index in [1.54, 1.807) is 0 Å². The van der Waals surface area contributed by atoms with Crippen LogP contribution in [-0.4, -0.2) is 96.7 Å². The fourth-order valence-corrected chi connectivity index (χ4v) is 12.7. The van der Waals surface area contributed by atoms with Crippen molar-refractivity contribution in [2.75, 3.05) is 39.6 Å². The maximum atomic E-state index is 13.1. The third-order valence-corrected chi connectivity index (χ3v) is 18.9. The Morgan fingerprint density at radius 3 is 0.739 bits per heavy atom. The molecule has 3 N–H and O–H groups in total. The van der Waals surface area contributed by atoms with Crippen molar-refractivity contribution in [3.63, 3.8) is 0 Å². The van der Waals surface area contributed by atoms with E-state index in [4.69, 9.17) is 37.0 Å². The zero-order chi connectivity index (χ0) is 67.9. The summed E-state index contributed by atoms with van der Waals surface area (Å²) in [7, 11) is -9.90. The number of phosphoric acid groups is 2. The number of aliphatic hydroxyl groups excluding tert-OH is 1. The van der Waals surface area contributed by atoms with Crippen LogP contribution in [0.2, 0.25) is 0 Å². The minimum atomic E-state index is -4.95. The molecule has 0 radical (unpaired) electrons. The molecule has 92 heavy (non-hydrogen) atoms. The molecule has 0 aliphatic rings. The molecule has 17 nitrogen and oxygen atoms in total. The summed E-state index contributed by atoms with van der Waals surface area (Å²) in [4.78, 5) is 72.6. The van der Waals surface area contributed by atoms with E-state index in [2.05, 4.69) is 41.5 Å². The monoisotopic (exact) mass is 1350 g/mol. The second-order valence-electron chi connectivity index (χ2n) is 27.3. The Hall–Kier alpha value is -1.94. The molecule has 0 spiro atoms. The van der Waals surface area contributed by atoms with Crippen LogP contribution < -0.4 is 0 Å². The van der Waals surface area contributed by atoms with Gasteiger partial charge in [-0.3, -0.25) is 37.3 Å². The number of hydrogen-bond acceptors (Lipinski definition) is 15. The molecule has 0 aliphatic carbocycles. The summed E-state index contributed by atoms with van der Waals surface area (Å²) in [6.07, 6.45) is 51.4. The maximum Gasteiger partial charge on any atom is 0.472 e. The number of rotatable bonds is 72. The first kappa shape index (κ1) is 90.1. The van der Waals surface area contributed by atoms with E-state index >= 15 is 0 Å². The lowest BCUT2D eigenvalue weighted by Gasteiger charge is -2.21. The Labute approximate surface area is 562 Å². The minimum Gasteiger partial charge on any atom is -0.462 e. The SMILES string of the molecule is CCCCCCCCCCCCCCCCCCCC(=O)O[C@H](COC(=O)CCCCCCCCCCCCCCC(C)C)COP(=O)(O)OC[C@@H](O)COP(=O)(O)OC[C@@H](COC(=O)CCCCCCCCCCCC)OC(=O)CCCCCCCCCC(C)C. The van der Waals surface area contributed by atoms with Crippen LogP contribution in [0, 0.1) is 11.8 Å². The zero-order valence-corrected chi connectivity index (χ0v) is 61.6. The lowest BCUT2D eigenvalue weighted by Crippen LogP contribution is -2.30. The topological polar surface area (TPSA) is 237 Å². The standard InChI is InChI=1S/C73H142O17P2/c1-7-9-11-13-15-17-19-20-21-22-23-24-29-33-39-45-51-57-72(77)89-68(61-84-71(76)56-50-44-38-32-28-26-25-27-30-35-41-47-53-65(3)4)63-87-91(79,80)85-59-67(74)60-86-92(81,82)88-64-69(90-73(78)58-52-46-40-34-36-42-48-54-66(5)6)62-83-70(75)55-49-43-37-31-18-16-14-12-10-8-2/h65-69,74H,7-64H2,1-6H3,(H,79,80)(H,81,82)/t67-,68-,69-/m1/s1. The molecule has 0 bridgehead atoms. The molecule has 5 atom stereocenters. The number of phosphoric ester groups is 2. The Bertz CT molecular complexity index is 1790. The van der Waals surface area contributed by atoms with Crippen LogP contribution in [-0.2, 0) is 65.4 Å². The molecule has 0 heterocycles. The fraction of sp³-hybridized carbons (Fsp3) is 0.945. The van der Waals surface area contributed by atoms with Crippen LogP contribution in [0.3, 0.4) is 0 Å². The molecule has 0 aromatic carbocycles. The van der Waals surface area contributed by atoms with Gasteiger partial charge in [0.1, 0.15) is 19.3 Å². The van der Waals surface area contributed by atoms with E-state index in [1.807, 2.05) is 0 Å². The van der Waals surface area contributed by atoms with E-state index in [-0.39, 0.29) is 25.7 Å². The third kappa shape index (κ3) is 66.7. The average Bonchev–Trinajstić information content (AvgIpc) is 3.20. The number of aliphatic hydroxyl groups is 1. The van der Waals surface area contributed by atoms with Crippen molar-refractivity contribution < 1.29 is 80.2 Å². The van der Waals surface area contributed by atoms with Crippen LogP contribution in [0.4, 0.5) is 0 Å². The van der Waals surface area contributed by atoms with Gasteiger partial charge in [-0.1, -0.05) is 324 Å². The number of unbranched alkanes of at least 4 members (excludes halogenated alkanes) is 42. The van der Waals surface area contributed by atoms with Crippen molar-refractivity contribution in [1.82, 2.24) is 0 Å². The highest BCUT2D eigenvalue weighted by atomic mass is 31.2. The molecule has 0 fully saturated rings. The first-order chi connectivity index (χ1) is 44.4. The quantitative estimate of drug-likeness (QED) is 0.0222. The molecule has 0 saturated heterocycles. The zero-order valence-electron chi connectivity index (χ0n) is 59.9. The highest BCUT2D eigenvalue weighted by Gasteiger charge is 2.30. The van der Waals surface area contributed by atoms with Gasteiger partial charge in [0, 0.05) is 25.7 Å². The molecule has 546 valence electrons. The van der Waals surface area contributed by atoms with Gasteiger partial charge >= 0.3 is 39.5 Å². The van der Waals surface area contributed by atoms with Crippen molar-refractivity contribution in [3.05, 3.63) is 0 Å². The van der Waals surface area contributed by atoms with Gasteiger partial charge in [-0.2, -0.15) is 0 Å². The van der Waals surface area contributed by atoms with Crippen molar-refractivity contribution in [3.8, 4) is 0 Å². The normalized spacial score (nSPS) is 14.1. The summed E-state index contributed by atoms with van der Waals surface area (Å²) >= 11 is 0. The lowest BCUT2D eigenvalue weighted by molar-refractivity contribution is -0.161. The van der Waals surface area contributed by atoms with Gasteiger partial charge in [-0.05, 0) is 37.5 Å². The number of carbonyl (C=O) groups excluding carboxylic acids is 4. The predicted octanol–water partition coefficient (Wildman–Crippen LogP) is 21.2. The van der Waals surface area contributed by atoms with Crippen LogP contribution in [0.25, 0.3) is 0 Å². The molecular formula is C73H142O17P2. The highest BCUT2D eigenvalue weighted by Crippen LogP contribution is 2.45. The second kappa shape index (κ2) is 65.0. The number of esters is 4. The maximum absolute atomic E-state index is 13.1. The summed E-state index contributed by atoms with van der Waals surface area (Å²) in [5, 5.41) is 10.6. The van der Waals surface area contributed by atoms with Gasteiger partial charge in [0.15, 0.2) is 12.2 Å². The van der Waals surface area contributed by atoms with Crippen molar-refractivity contribution in [1.29, 1.82) is 0 Å². The molecule has 19 heteroatoms. The molecular weight excluding hydrogens is 1210 g/mol. The van der Waals surface area contributed by atoms with Gasteiger partial charge in [-0.25, -0.2) is 9.13 Å². The molecule has 0 rings (SSSR count). The summed E-state index contributed by atoms with van der Waals surface area (Å²) < 4.78 is 68.4. The highest BCUT2D eigenvalue weighted by molar-refractivity contribution is 7.47. The number of ether oxygens (including phenoxy) is 4. The van der Waals surface area contributed by atoms with Gasteiger partial charge < -0.3 is 33.8 Å². The Balaban J connectivity index is 5.23. The van der Waals surface area contributed by atoms with Crippen molar-refractivity contribution in [2.24, 2.45) is 11.8 Å². The summed E-state index contributed by atoms with van der Waals surface area (Å²) in [6, 6.07) is 0. The first-order valence-electron chi connectivity index (χ1n) is 38.0. The fourth-order valence-electron chi connectivity index (χ4n) is 11.1.